The lowest BCUT2D eigenvalue weighted by Gasteiger charge is -2.14. The zero-order valence-electron chi connectivity index (χ0n) is 59.0. The highest BCUT2D eigenvalue weighted by Gasteiger charge is 2.28. The Labute approximate surface area is 632 Å². The molecule has 24 aromatic rings. The smallest absolute Gasteiger partial charge is 0.247 e. The average Bonchev–Trinajstić information content (AvgIpc) is 1.55. The second kappa shape index (κ2) is 24.5. The standard InChI is InChI=1S/C50H30N4O.C50H30N4S/c1-3-14-31(15-4-1)34-26-27-45-40(29-34)48-50(55-45)52-47(38-22-13-25-43-46(38)37-21-10-12-24-42(37)53(43)35-18-5-2-6-19-35)49(51-48)54-41-23-11-9-20-36(41)39-28-32-16-7-8-17-33(32)30-44(39)54;1-3-14-31(15-4-1)34-26-27-38-45(30-34)55-50-48(38)51-49(54-41-23-11-9-20-36(41)40-28-32-16-7-8-17-33(32)29-44(40)54)47(52-50)39-22-13-25-43-46(39)37-21-10-12-24-42(37)53(43)35-18-5-2-6-19-35/h2*1-30H. The second-order valence-corrected chi connectivity index (χ2v) is 29.4. The summed E-state index contributed by atoms with van der Waals surface area (Å²) in [5, 5.41) is 16.2. The third-order valence-corrected chi connectivity index (χ3v) is 23.3. The van der Waals surface area contributed by atoms with Crippen molar-refractivity contribution in [3.05, 3.63) is 364 Å². The van der Waals surface area contributed by atoms with Gasteiger partial charge >= 0.3 is 0 Å². The maximum Gasteiger partial charge on any atom is 0.247 e. The lowest BCUT2D eigenvalue weighted by Crippen LogP contribution is -2.03. The largest absolute Gasteiger partial charge is 0.436 e. The Balaban J connectivity index is 0.000000132. The van der Waals surface area contributed by atoms with Gasteiger partial charge in [0.15, 0.2) is 11.6 Å². The van der Waals surface area contributed by atoms with Gasteiger partial charge < -0.3 is 13.6 Å². The summed E-state index contributed by atoms with van der Waals surface area (Å²) < 4.78 is 17.2. The van der Waals surface area contributed by atoms with E-state index in [1.807, 2.05) is 12.1 Å². The van der Waals surface area contributed by atoms with Crippen LogP contribution in [0.15, 0.2) is 368 Å². The van der Waals surface area contributed by atoms with Crippen LogP contribution in [-0.4, -0.2) is 38.2 Å². The van der Waals surface area contributed by atoms with Crippen LogP contribution in [0.2, 0.25) is 0 Å². The van der Waals surface area contributed by atoms with Crippen molar-refractivity contribution < 1.29 is 4.42 Å². The van der Waals surface area contributed by atoms with Gasteiger partial charge in [-0.15, -0.1) is 11.3 Å². The van der Waals surface area contributed by atoms with Crippen molar-refractivity contribution in [3.63, 3.8) is 0 Å². The summed E-state index contributed by atoms with van der Waals surface area (Å²) in [6.45, 7) is 0. The first-order valence-electron chi connectivity index (χ1n) is 37.2. The summed E-state index contributed by atoms with van der Waals surface area (Å²) >= 11 is 1.72. The number of furan rings is 1. The highest BCUT2D eigenvalue weighted by atomic mass is 32.1. The second-order valence-electron chi connectivity index (χ2n) is 28.4. The molecule has 8 aromatic heterocycles. The summed E-state index contributed by atoms with van der Waals surface area (Å²) in [5.74, 6) is 1.58. The van der Waals surface area contributed by atoms with E-state index < -0.39 is 0 Å². The van der Waals surface area contributed by atoms with Gasteiger partial charge in [0.25, 0.3) is 0 Å². The zero-order valence-corrected chi connectivity index (χ0v) is 59.9. The minimum Gasteiger partial charge on any atom is -0.436 e. The maximum atomic E-state index is 6.60. The van der Waals surface area contributed by atoms with Crippen molar-refractivity contribution in [2.24, 2.45) is 0 Å². The van der Waals surface area contributed by atoms with E-state index in [0.717, 1.165) is 149 Å². The molecule has 0 aliphatic rings. The lowest BCUT2D eigenvalue weighted by molar-refractivity contribution is 0.653. The number of para-hydroxylation sites is 6. The summed E-state index contributed by atoms with van der Waals surface area (Å²) in [7, 11) is 0. The van der Waals surface area contributed by atoms with Gasteiger partial charge in [0.1, 0.15) is 32.8 Å². The Hall–Kier alpha value is -14.6. The average molecular weight is 1420 g/mol. The van der Waals surface area contributed by atoms with E-state index in [4.69, 9.17) is 24.4 Å². The molecule has 512 valence electrons. The molecule has 0 spiro atoms. The summed E-state index contributed by atoms with van der Waals surface area (Å²) in [6.07, 6.45) is 0. The van der Waals surface area contributed by atoms with Crippen molar-refractivity contribution in [2.45, 2.75) is 0 Å². The van der Waals surface area contributed by atoms with Crippen molar-refractivity contribution in [2.75, 3.05) is 0 Å². The fraction of sp³-hybridized carbons (Fsp3) is 0. The van der Waals surface area contributed by atoms with E-state index in [-0.39, 0.29) is 0 Å². The van der Waals surface area contributed by atoms with Crippen molar-refractivity contribution >= 4 is 163 Å². The molecule has 0 atom stereocenters. The van der Waals surface area contributed by atoms with Gasteiger partial charge in [-0.1, -0.05) is 261 Å². The van der Waals surface area contributed by atoms with Crippen molar-refractivity contribution in [3.8, 4) is 67.8 Å². The minimum atomic E-state index is 0.508. The highest BCUT2D eigenvalue weighted by molar-refractivity contribution is 7.25. The predicted octanol–water partition coefficient (Wildman–Crippen LogP) is 26.6. The normalized spacial score (nSPS) is 12.0. The van der Waals surface area contributed by atoms with E-state index in [1.54, 1.807) is 11.3 Å². The van der Waals surface area contributed by atoms with E-state index in [1.165, 1.54) is 64.3 Å². The topological polar surface area (TPSA) is 84.4 Å². The van der Waals surface area contributed by atoms with Crippen molar-refractivity contribution in [1.29, 1.82) is 0 Å². The molecule has 0 fully saturated rings. The third-order valence-electron chi connectivity index (χ3n) is 22.2. The van der Waals surface area contributed by atoms with E-state index >= 15 is 0 Å². The Kier molecular flexibility index (Phi) is 13.7. The number of rotatable bonds is 8. The SMILES string of the molecule is c1ccc(-c2ccc3c(c2)sc2nc(-c4cccc5c4c4ccccc4n5-c4ccccc4)c(-n4c5ccccc5c5cc6ccccc6cc54)nc23)cc1.c1ccc(-c2ccc3oc4nc(-c5cccc6c5c5ccccc5n6-c5ccccc5)c(-n5c6ccccc6c6cc7ccccc7cc65)nc4c3c2)cc1. The van der Waals surface area contributed by atoms with Crippen LogP contribution in [0.3, 0.4) is 0 Å². The molecule has 0 unspecified atom stereocenters. The Morgan fingerprint density at radius 1 is 0.245 bits per heavy atom. The van der Waals surface area contributed by atoms with Gasteiger partial charge in [0.05, 0.1) is 44.1 Å². The number of hydrogen-bond acceptors (Lipinski definition) is 6. The van der Waals surface area contributed by atoms with Crippen molar-refractivity contribution in [1.82, 2.24) is 38.2 Å². The van der Waals surface area contributed by atoms with Crippen LogP contribution in [0.5, 0.6) is 0 Å². The first-order valence-corrected chi connectivity index (χ1v) is 38.0. The molecule has 0 saturated carbocycles. The van der Waals surface area contributed by atoms with E-state index in [0.29, 0.717) is 5.71 Å². The monoisotopic (exact) mass is 1420 g/mol. The quantitative estimate of drug-likeness (QED) is 0.151. The number of thiophene rings is 1. The molecule has 0 aliphatic carbocycles. The van der Waals surface area contributed by atoms with Crippen LogP contribution in [0, 0.1) is 0 Å². The fourth-order valence-corrected chi connectivity index (χ4v) is 18.4. The van der Waals surface area contributed by atoms with Crippen LogP contribution < -0.4 is 0 Å². The number of aromatic nitrogens is 8. The van der Waals surface area contributed by atoms with Crippen LogP contribution in [-0.2, 0) is 0 Å². The Morgan fingerprint density at radius 2 is 0.655 bits per heavy atom. The fourth-order valence-electron chi connectivity index (χ4n) is 17.3. The Morgan fingerprint density at radius 3 is 1.17 bits per heavy atom. The van der Waals surface area contributed by atoms with Crippen LogP contribution in [0.4, 0.5) is 0 Å². The molecule has 0 N–H and O–H groups in total. The molecule has 0 aliphatic heterocycles. The highest BCUT2D eigenvalue weighted by Crippen LogP contribution is 2.48. The van der Waals surface area contributed by atoms with Gasteiger partial charge in [-0.3, -0.25) is 9.13 Å². The van der Waals surface area contributed by atoms with Gasteiger partial charge in [0.2, 0.25) is 5.71 Å². The Bertz CT molecular complexity index is 7740. The number of hydrogen-bond donors (Lipinski definition) is 0. The molecule has 9 nitrogen and oxygen atoms in total. The van der Waals surface area contributed by atoms with Crippen LogP contribution >= 0.6 is 11.3 Å². The lowest BCUT2D eigenvalue weighted by atomic mass is 10.0. The molecule has 0 amide bonds. The summed E-state index contributed by atoms with van der Waals surface area (Å²) in [4.78, 5) is 23.5. The summed E-state index contributed by atoms with van der Waals surface area (Å²) in [6, 6.07) is 130. The molecule has 110 heavy (non-hydrogen) atoms. The molecule has 0 radical (unpaired) electrons. The van der Waals surface area contributed by atoms with Crippen LogP contribution in [0.1, 0.15) is 0 Å². The molecular weight excluding hydrogens is 1360 g/mol. The molecular formula is C100H60N8OS. The number of benzene rings is 16. The van der Waals surface area contributed by atoms with E-state index in [2.05, 4.69) is 370 Å². The van der Waals surface area contributed by atoms with Gasteiger partial charge in [-0.25, -0.2) is 19.9 Å². The minimum absolute atomic E-state index is 0.508. The number of fused-ring (bicyclic) bond motifs is 20. The summed E-state index contributed by atoms with van der Waals surface area (Å²) in [5.41, 5.74) is 22.3. The first-order chi connectivity index (χ1) is 54.6. The molecule has 16 aromatic carbocycles. The van der Waals surface area contributed by atoms with Crippen LogP contribution in [0.25, 0.3) is 219 Å². The van der Waals surface area contributed by atoms with Gasteiger partial charge in [-0.2, -0.15) is 0 Å². The predicted molar refractivity (Wildman–Crippen MR) is 458 cm³/mol. The van der Waals surface area contributed by atoms with Gasteiger partial charge in [0, 0.05) is 81.1 Å². The van der Waals surface area contributed by atoms with Gasteiger partial charge in [-0.05, 0) is 147 Å². The number of nitrogens with zero attached hydrogens (tertiary/aromatic N) is 8. The van der Waals surface area contributed by atoms with E-state index in [9.17, 15) is 0 Å². The molecule has 0 bridgehead atoms. The molecule has 0 saturated heterocycles. The molecule has 8 heterocycles. The maximum absolute atomic E-state index is 6.60. The molecule has 10 heteroatoms. The zero-order chi connectivity index (χ0) is 72.1. The third kappa shape index (κ3) is 9.53. The first kappa shape index (κ1) is 61.7. The molecule has 24 rings (SSSR count).